The van der Waals surface area contributed by atoms with Gasteiger partial charge in [-0.3, -0.25) is 9.69 Å². The number of nitrogens with one attached hydrogen (secondary N) is 1. The second-order valence-electron chi connectivity index (χ2n) is 6.19. The van der Waals surface area contributed by atoms with Crippen LogP contribution in [0.25, 0.3) is 0 Å². The molecule has 1 aromatic carbocycles. The Balaban J connectivity index is 1.55. The number of carbonyl (C=O) groups is 1. The van der Waals surface area contributed by atoms with Crippen LogP contribution in [0.3, 0.4) is 0 Å². The van der Waals surface area contributed by atoms with Gasteiger partial charge in [0.25, 0.3) is 0 Å². The Kier molecular flexibility index (Phi) is 5.60. The van der Waals surface area contributed by atoms with Crippen molar-refractivity contribution in [3.8, 4) is 0 Å². The number of likely N-dealkylation sites (tertiary alicyclic amines) is 1. The molecular formula is C17H22FN5O2. The van der Waals surface area contributed by atoms with Crippen molar-refractivity contribution in [3.05, 3.63) is 41.5 Å². The van der Waals surface area contributed by atoms with Crippen LogP contribution < -0.4 is 11.1 Å². The lowest BCUT2D eigenvalue weighted by molar-refractivity contribution is -0.127. The molecule has 1 saturated heterocycles. The highest BCUT2D eigenvalue weighted by Crippen LogP contribution is 2.20. The van der Waals surface area contributed by atoms with E-state index >= 15 is 0 Å². The van der Waals surface area contributed by atoms with Gasteiger partial charge in [-0.25, -0.2) is 4.39 Å². The molecule has 7 nitrogen and oxygen atoms in total. The quantitative estimate of drug-likeness (QED) is 0.822. The Hall–Kier alpha value is -2.48. The van der Waals surface area contributed by atoms with Crippen molar-refractivity contribution in [2.75, 3.05) is 18.8 Å². The first-order valence-corrected chi connectivity index (χ1v) is 8.46. The number of amides is 1. The summed E-state index contributed by atoms with van der Waals surface area (Å²) in [4.78, 5) is 14.7. The molecule has 2 heterocycles. The van der Waals surface area contributed by atoms with Crippen molar-refractivity contribution >= 4 is 11.9 Å². The Morgan fingerprint density at radius 1 is 1.40 bits per heavy atom. The standard InChI is InChI=1S/C17H22FN5O2/c18-13-5-3-4-12(10-13)11-23-9-2-1-6-14(23)16(24)20-8-7-15-21-22-17(19)25-15/h3-5,10,14H,1-2,6-9,11H2,(H2,19,22)(H,20,24). The first-order chi connectivity index (χ1) is 12.1. The Morgan fingerprint density at radius 3 is 3.04 bits per heavy atom. The fraction of sp³-hybridized carbons (Fsp3) is 0.471. The monoisotopic (exact) mass is 347 g/mol. The number of anilines is 1. The summed E-state index contributed by atoms with van der Waals surface area (Å²) < 4.78 is 18.5. The number of rotatable bonds is 6. The van der Waals surface area contributed by atoms with E-state index in [1.807, 2.05) is 6.07 Å². The van der Waals surface area contributed by atoms with Crippen molar-refractivity contribution in [2.24, 2.45) is 0 Å². The molecule has 3 N–H and O–H groups in total. The van der Waals surface area contributed by atoms with Crippen LogP contribution in [0.15, 0.2) is 28.7 Å². The SMILES string of the molecule is Nc1nnc(CCNC(=O)C2CCCCN2Cc2cccc(F)c2)o1. The van der Waals surface area contributed by atoms with Gasteiger partial charge >= 0.3 is 6.01 Å². The number of benzene rings is 1. The first-order valence-electron chi connectivity index (χ1n) is 8.46. The van der Waals surface area contributed by atoms with E-state index in [9.17, 15) is 9.18 Å². The van der Waals surface area contributed by atoms with Crippen LogP contribution in [0.5, 0.6) is 0 Å². The molecule has 0 saturated carbocycles. The van der Waals surface area contributed by atoms with Crippen LogP contribution in [-0.2, 0) is 17.8 Å². The van der Waals surface area contributed by atoms with Crippen molar-refractivity contribution in [1.82, 2.24) is 20.4 Å². The maximum atomic E-state index is 13.4. The fourth-order valence-electron chi connectivity index (χ4n) is 3.13. The summed E-state index contributed by atoms with van der Waals surface area (Å²) >= 11 is 0. The summed E-state index contributed by atoms with van der Waals surface area (Å²) in [5.74, 6) is 0.121. The Morgan fingerprint density at radius 2 is 2.28 bits per heavy atom. The smallest absolute Gasteiger partial charge is 0.312 e. The normalized spacial score (nSPS) is 18.2. The third kappa shape index (κ3) is 4.76. The van der Waals surface area contributed by atoms with Crippen LogP contribution in [0.2, 0.25) is 0 Å². The minimum atomic E-state index is -0.255. The summed E-state index contributed by atoms with van der Waals surface area (Å²) in [5, 5.41) is 10.3. The summed E-state index contributed by atoms with van der Waals surface area (Å²) in [5.41, 5.74) is 6.24. The van der Waals surface area contributed by atoms with Gasteiger partial charge < -0.3 is 15.5 Å². The predicted octanol–water partition coefficient (Wildman–Crippen LogP) is 1.50. The second kappa shape index (κ2) is 8.06. The second-order valence-corrected chi connectivity index (χ2v) is 6.19. The molecule has 1 atom stereocenters. The molecule has 25 heavy (non-hydrogen) atoms. The van der Waals surface area contributed by atoms with E-state index in [-0.39, 0.29) is 23.8 Å². The highest BCUT2D eigenvalue weighted by molar-refractivity contribution is 5.81. The highest BCUT2D eigenvalue weighted by atomic mass is 19.1. The van der Waals surface area contributed by atoms with Crippen molar-refractivity contribution < 1.29 is 13.6 Å². The van der Waals surface area contributed by atoms with Crippen LogP contribution in [0.1, 0.15) is 30.7 Å². The third-order valence-corrected chi connectivity index (χ3v) is 4.31. The molecule has 1 fully saturated rings. The zero-order chi connectivity index (χ0) is 17.6. The van der Waals surface area contributed by atoms with Crippen LogP contribution in [-0.4, -0.2) is 40.1 Å². The third-order valence-electron chi connectivity index (χ3n) is 4.31. The van der Waals surface area contributed by atoms with Gasteiger partial charge in [-0.05, 0) is 37.1 Å². The van der Waals surface area contributed by atoms with Gasteiger partial charge in [0.1, 0.15) is 5.82 Å². The number of hydrogen-bond acceptors (Lipinski definition) is 6. The van der Waals surface area contributed by atoms with E-state index in [0.29, 0.717) is 25.4 Å². The highest BCUT2D eigenvalue weighted by Gasteiger charge is 2.28. The number of piperidine rings is 1. The van der Waals surface area contributed by atoms with Crippen LogP contribution in [0.4, 0.5) is 10.4 Å². The Labute approximate surface area is 145 Å². The van der Waals surface area contributed by atoms with Gasteiger partial charge in [-0.15, -0.1) is 5.10 Å². The molecule has 1 unspecified atom stereocenters. The molecule has 1 amide bonds. The van der Waals surface area contributed by atoms with E-state index in [1.165, 1.54) is 12.1 Å². The molecular weight excluding hydrogens is 325 g/mol. The number of nitrogens with zero attached hydrogens (tertiary/aromatic N) is 3. The maximum Gasteiger partial charge on any atom is 0.312 e. The van der Waals surface area contributed by atoms with Crippen molar-refractivity contribution in [3.63, 3.8) is 0 Å². The van der Waals surface area contributed by atoms with E-state index < -0.39 is 0 Å². The average Bonchev–Trinajstić information content (AvgIpc) is 3.00. The molecule has 8 heteroatoms. The minimum absolute atomic E-state index is 0.0230. The molecule has 3 rings (SSSR count). The molecule has 1 aliphatic rings. The molecule has 0 spiro atoms. The Bertz CT molecular complexity index is 721. The van der Waals surface area contributed by atoms with Gasteiger partial charge in [0.05, 0.1) is 6.04 Å². The van der Waals surface area contributed by atoms with Gasteiger partial charge in [0, 0.05) is 19.5 Å². The fourth-order valence-corrected chi connectivity index (χ4v) is 3.13. The largest absolute Gasteiger partial charge is 0.408 e. The van der Waals surface area contributed by atoms with Crippen molar-refractivity contribution in [2.45, 2.75) is 38.3 Å². The van der Waals surface area contributed by atoms with E-state index in [2.05, 4.69) is 20.4 Å². The number of halogens is 1. The number of carbonyl (C=O) groups excluding carboxylic acids is 1. The predicted molar refractivity (Wildman–Crippen MR) is 89.9 cm³/mol. The summed E-state index contributed by atoms with van der Waals surface area (Å²) in [7, 11) is 0. The molecule has 2 aromatic rings. The topological polar surface area (TPSA) is 97.3 Å². The number of nitrogens with two attached hydrogens (primary N) is 1. The zero-order valence-electron chi connectivity index (χ0n) is 13.9. The lowest BCUT2D eigenvalue weighted by Crippen LogP contribution is -2.49. The molecule has 0 aliphatic carbocycles. The van der Waals surface area contributed by atoms with E-state index in [0.717, 1.165) is 31.4 Å². The summed E-state index contributed by atoms with van der Waals surface area (Å²) in [6.07, 6.45) is 3.29. The average molecular weight is 347 g/mol. The summed E-state index contributed by atoms with van der Waals surface area (Å²) in [6, 6.07) is 6.34. The van der Waals surface area contributed by atoms with Gasteiger partial charge in [0.15, 0.2) is 0 Å². The lowest BCUT2D eigenvalue weighted by Gasteiger charge is -2.34. The molecule has 0 bridgehead atoms. The lowest BCUT2D eigenvalue weighted by atomic mass is 10.0. The van der Waals surface area contributed by atoms with Crippen LogP contribution in [0, 0.1) is 5.82 Å². The minimum Gasteiger partial charge on any atom is -0.408 e. The van der Waals surface area contributed by atoms with E-state index in [4.69, 9.17) is 10.2 Å². The zero-order valence-corrected chi connectivity index (χ0v) is 13.9. The number of nitrogen functional groups attached to an aromatic ring is 1. The number of aromatic nitrogens is 2. The maximum absolute atomic E-state index is 13.4. The van der Waals surface area contributed by atoms with Gasteiger partial charge in [-0.1, -0.05) is 23.7 Å². The van der Waals surface area contributed by atoms with Crippen LogP contribution >= 0.6 is 0 Å². The van der Waals surface area contributed by atoms with Gasteiger partial charge in [-0.2, -0.15) is 0 Å². The first kappa shape index (κ1) is 17.3. The van der Waals surface area contributed by atoms with E-state index in [1.54, 1.807) is 6.07 Å². The molecule has 134 valence electrons. The summed E-state index contributed by atoms with van der Waals surface area (Å²) in [6.45, 7) is 1.80. The number of hydrogen-bond donors (Lipinski definition) is 2. The molecule has 0 radical (unpaired) electrons. The van der Waals surface area contributed by atoms with Crippen molar-refractivity contribution in [1.29, 1.82) is 0 Å². The molecule has 1 aliphatic heterocycles. The molecule has 1 aromatic heterocycles. The van der Waals surface area contributed by atoms with Gasteiger partial charge in [0.2, 0.25) is 11.8 Å².